The SMILES string of the molecule is CC(C)Cc1ccc(CC(=O)OC(C)(C)C)cc1C#N. The van der Waals surface area contributed by atoms with Crippen molar-refractivity contribution in [3.63, 3.8) is 0 Å². The summed E-state index contributed by atoms with van der Waals surface area (Å²) in [5.41, 5.74) is 2.03. The Morgan fingerprint density at radius 3 is 2.50 bits per heavy atom. The van der Waals surface area contributed by atoms with Crippen molar-refractivity contribution in [3.05, 3.63) is 34.9 Å². The Hall–Kier alpha value is -1.82. The number of hydrogen-bond donors (Lipinski definition) is 0. The van der Waals surface area contributed by atoms with Crippen LogP contribution in [0.1, 0.15) is 51.3 Å². The predicted octanol–water partition coefficient (Wildman–Crippen LogP) is 3.64. The Kier molecular flexibility index (Phi) is 5.33. The average Bonchev–Trinajstić information content (AvgIpc) is 2.27. The fourth-order valence-electron chi connectivity index (χ4n) is 2.00. The Balaban J connectivity index is 2.84. The van der Waals surface area contributed by atoms with Crippen LogP contribution in [0.3, 0.4) is 0 Å². The van der Waals surface area contributed by atoms with E-state index in [1.54, 1.807) is 6.07 Å². The van der Waals surface area contributed by atoms with Gasteiger partial charge in [0.2, 0.25) is 0 Å². The van der Waals surface area contributed by atoms with Gasteiger partial charge in [0.25, 0.3) is 0 Å². The normalized spacial score (nSPS) is 11.2. The largest absolute Gasteiger partial charge is 0.460 e. The van der Waals surface area contributed by atoms with E-state index in [1.165, 1.54) is 0 Å². The van der Waals surface area contributed by atoms with E-state index in [0.29, 0.717) is 11.5 Å². The summed E-state index contributed by atoms with van der Waals surface area (Å²) in [7, 11) is 0. The van der Waals surface area contributed by atoms with Crippen molar-refractivity contribution in [2.24, 2.45) is 5.92 Å². The molecule has 0 amide bonds. The number of benzene rings is 1. The molecule has 3 nitrogen and oxygen atoms in total. The van der Waals surface area contributed by atoms with Gasteiger partial charge in [-0.3, -0.25) is 4.79 Å². The van der Waals surface area contributed by atoms with Gasteiger partial charge in [0, 0.05) is 0 Å². The van der Waals surface area contributed by atoms with E-state index < -0.39 is 5.60 Å². The lowest BCUT2D eigenvalue weighted by molar-refractivity contribution is -0.153. The van der Waals surface area contributed by atoms with Crippen LogP contribution in [0.2, 0.25) is 0 Å². The van der Waals surface area contributed by atoms with Gasteiger partial charge < -0.3 is 4.74 Å². The first kappa shape index (κ1) is 16.2. The number of carbonyl (C=O) groups excluding carboxylic acids is 1. The van der Waals surface area contributed by atoms with Gasteiger partial charge in [-0.05, 0) is 50.3 Å². The van der Waals surface area contributed by atoms with Gasteiger partial charge >= 0.3 is 5.97 Å². The van der Waals surface area contributed by atoms with Gasteiger partial charge in [-0.1, -0.05) is 26.0 Å². The average molecular weight is 273 g/mol. The van der Waals surface area contributed by atoms with Gasteiger partial charge in [-0.15, -0.1) is 0 Å². The summed E-state index contributed by atoms with van der Waals surface area (Å²) >= 11 is 0. The second-order valence-corrected chi connectivity index (χ2v) is 6.46. The Morgan fingerprint density at radius 2 is 2.00 bits per heavy atom. The van der Waals surface area contributed by atoms with Gasteiger partial charge in [0.15, 0.2) is 0 Å². The van der Waals surface area contributed by atoms with Crippen LogP contribution >= 0.6 is 0 Å². The summed E-state index contributed by atoms with van der Waals surface area (Å²) in [5, 5.41) is 9.21. The second-order valence-electron chi connectivity index (χ2n) is 6.46. The van der Waals surface area contributed by atoms with Gasteiger partial charge in [-0.25, -0.2) is 0 Å². The van der Waals surface area contributed by atoms with Crippen molar-refractivity contribution in [1.82, 2.24) is 0 Å². The van der Waals surface area contributed by atoms with E-state index in [-0.39, 0.29) is 12.4 Å². The van der Waals surface area contributed by atoms with E-state index in [0.717, 1.165) is 17.5 Å². The summed E-state index contributed by atoms with van der Waals surface area (Å²) in [4.78, 5) is 11.8. The zero-order chi connectivity index (χ0) is 15.3. The van der Waals surface area contributed by atoms with E-state index in [4.69, 9.17) is 4.74 Å². The highest BCUT2D eigenvalue weighted by molar-refractivity contribution is 5.73. The molecule has 0 unspecified atom stereocenters. The number of carbonyl (C=O) groups is 1. The van der Waals surface area contributed by atoms with Crippen LogP contribution in [0.5, 0.6) is 0 Å². The molecule has 20 heavy (non-hydrogen) atoms. The molecule has 0 radical (unpaired) electrons. The molecule has 0 spiro atoms. The first-order chi connectivity index (χ1) is 9.21. The standard InChI is InChI=1S/C17H23NO2/c1-12(2)8-14-7-6-13(9-15(14)11-18)10-16(19)20-17(3,4)5/h6-7,9,12H,8,10H2,1-5H3. The van der Waals surface area contributed by atoms with Crippen LogP contribution in [-0.2, 0) is 22.4 Å². The smallest absolute Gasteiger partial charge is 0.310 e. The molecule has 108 valence electrons. The van der Waals surface area contributed by atoms with Crippen molar-refractivity contribution in [1.29, 1.82) is 5.26 Å². The molecule has 0 aliphatic rings. The lowest BCUT2D eigenvalue weighted by atomic mass is 9.96. The highest BCUT2D eigenvalue weighted by atomic mass is 16.6. The maximum Gasteiger partial charge on any atom is 0.310 e. The Morgan fingerprint density at radius 1 is 1.35 bits per heavy atom. The molecule has 0 N–H and O–H groups in total. The molecule has 0 heterocycles. The molecule has 0 fully saturated rings. The van der Waals surface area contributed by atoms with Crippen LogP contribution in [0.25, 0.3) is 0 Å². The minimum Gasteiger partial charge on any atom is -0.460 e. The molecule has 0 aliphatic carbocycles. The maximum atomic E-state index is 11.8. The van der Waals surface area contributed by atoms with Crippen LogP contribution in [-0.4, -0.2) is 11.6 Å². The maximum absolute atomic E-state index is 11.8. The van der Waals surface area contributed by atoms with Crippen molar-refractivity contribution >= 4 is 5.97 Å². The van der Waals surface area contributed by atoms with E-state index in [1.807, 2.05) is 32.9 Å². The summed E-state index contributed by atoms with van der Waals surface area (Å²) in [6.07, 6.45) is 1.07. The van der Waals surface area contributed by atoms with Crippen molar-refractivity contribution < 1.29 is 9.53 Å². The highest BCUT2D eigenvalue weighted by Gasteiger charge is 2.17. The lowest BCUT2D eigenvalue weighted by Gasteiger charge is -2.19. The Bertz CT molecular complexity index is 519. The number of nitriles is 1. The number of nitrogens with zero attached hydrogens (tertiary/aromatic N) is 1. The van der Waals surface area contributed by atoms with Crippen LogP contribution in [0.4, 0.5) is 0 Å². The Labute approximate surface area is 121 Å². The molecular formula is C17H23NO2. The second kappa shape index (κ2) is 6.56. The van der Waals surface area contributed by atoms with Crippen molar-refractivity contribution in [2.45, 2.75) is 53.1 Å². The summed E-state index contributed by atoms with van der Waals surface area (Å²) in [5.74, 6) is 0.233. The molecule has 0 bridgehead atoms. The zero-order valence-electron chi connectivity index (χ0n) is 13.0. The van der Waals surface area contributed by atoms with Gasteiger partial charge in [-0.2, -0.15) is 5.26 Å². The summed E-state index contributed by atoms with van der Waals surface area (Å²) in [6, 6.07) is 7.85. The number of rotatable bonds is 4. The third-order valence-electron chi connectivity index (χ3n) is 2.69. The third kappa shape index (κ3) is 5.44. The fourth-order valence-corrected chi connectivity index (χ4v) is 2.00. The molecular weight excluding hydrogens is 250 g/mol. The molecule has 3 heteroatoms. The van der Waals surface area contributed by atoms with Crippen LogP contribution in [0, 0.1) is 17.2 Å². The molecule has 0 aliphatic heterocycles. The number of esters is 1. The first-order valence-electron chi connectivity index (χ1n) is 6.95. The summed E-state index contributed by atoms with van der Waals surface area (Å²) in [6.45, 7) is 9.78. The van der Waals surface area contributed by atoms with E-state index in [9.17, 15) is 10.1 Å². The van der Waals surface area contributed by atoms with Gasteiger partial charge in [0.1, 0.15) is 5.60 Å². The monoisotopic (exact) mass is 273 g/mol. The van der Waals surface area contributed by atoms with Crippen molar-refractivity contribution in [2.75, 3.05) is 0 Å². The van der Waals surface area contributed by atoms with Crippen LogP contribution < -0.4 is 0 Å². The molecule has 0 atom stereocenters. The lowest BCUT2D eigenvalue weighted by Crippen LogP contribution is -2.24. The molecule has 0 aromatic heterocycles. The van der Waals surface area contributed by atoms with E-state index >= 15 is 0 Å². The molecule has 1 aromatic rings. The molecule has 1 rings (SSSR count). The quantitative estimate of drug-likeness (QED) is 0.787. The van der Waals surface area contributed by atoms with Crippen LogP contribution in [0.15, 0.2) is 18.2 Å². The topological polar surface area (TPSA) is 50.1 Å². The molecule has 1 aromatic carbocycles. The number of hydrogen-bond acceptors (Lipinski definition) is 3. The zero-order valence-corrected chi connectivity index (χ0v) is 13.0. The van der Waals surface area contributed by atoms with E-state index in [2.05, 4.69) is 19.9 Å². The number of ether oxygens (including phenoxy) is 1. The summed E-state index contributed by atoms with van der Waals surface area (Å²) < 4.78 is 5.29. The first-order valence-corrected chi connectivity index (χ1v) is 6.95. The molecule has 0 saturated heterocycles. The van der Waals surface area contributed by atoms with Crippen molar-refractivity contribution in [3.8, 4) is 6.07 Å². The third-order valence-corrected chi connectivity index (χ3v) is 2.69. The fraction of sp³-hybridized carbons (Fsp3) is 0.529. The predicted molar refractivity (Wildman–Crippen MR) is 79.2 cm³/mol. The highest BCUT2D eigenvalue weighted by Crippen LogP contribution is 2.17. The minimum absolute atomic E-state index is 0.202. The molecule has 0 saturated carbocycles. The van der Waals surface area contributed by atoms with Gasteiger partial charge in [0.05, 0.1) is 18.1 Å². The minimum atomic E-state index is -0.479.